The second kappa shape index (κ2) is 10.5. The van der Waals surface area contributed by atoms with Gasteiger partial charge >= 0.3 is 0 Å². The molecule has 0 aliphatic carbocycles. The van der Waals surface area contributed by atoms with Crippen LogP contribution in [0.25, 0.3) is 0 Å². The largest absolute Gasteiger partial charge is 0.376 e. The van der Waals surface area contributed by atoms with Gasteiger partial charge in [0.05, 0.1) is 6.54 Å². The van der Waals surface area contributed by atoms with Gasteiger partial charge in [-0.15, -0.1) is 0 Å². The van der Waals surface area contributed by atoms with Crippen LogP contribution >= 0.6 is 0 Å². The minimum absolute atomic E-state index is 0.0379. The van der Waals surface area contributed by atoms with Crippen molar-refractivity contribution in [3.63, 3.8) is 0 Å². The van der Waals surface area contributed by atoms with Crippen molar-refractivity contribution in [2.24, 2.45) is 0 Å². The Morgan fingerprint density at radius 3 is 2.32 bits per heavy atom. The van der Waals surface area contributed by atoms with Gasteiger partial charge in [0.25, 0.3) is 0 Å². The molecular weight excluding hydrogens is 350 g/mol. The summed E-state index contributed by atoms with van der Waals surface area (Å²) in [4.78, 5) is 25.8. The number of hydrogen-bond acceptors (Lipinski definition) is 3. The number of benzene rings is 2. The van der Waals surface area contributed by atoms with Crippen LogP contribution in [0.4, 0.5) is 11.4 Å². The monoisotopic (exact) mass is 381 g/mol. The van der Waals surface area contributed by atoms with Gasteiger partial charge in [-0.1, -0.05) is 44.2 Å². The molecule has 0 fully saturated rings. The average molecular weight is 382 g/mol. The maximum Gasteiger partial charge on any atom is 0.243 e. The van der Waals surface area contributed by atoms with E-state index >= 15 is 0 Å². The van der Waals surface area contributed by atoms with Crippen LogP contribution in [0.2, 0.25) is 0 Å². The fourth-order valence-electron chi connectivity index (χ4n) is 2.99. The lowest BCUT2D eigenvalue weighted by Crippen LogP contribution is -2.28. The van der Waals surface area contributed by atoms with Crippen LogP contribution in [0.3, 0.4) is 0 Å². The predicted octanol–water partition coefficient (Wildman–Crippen LogP) is 4.62. The zero-order chi connectivity index (χ0) is 20.5. The van der Waals surface area contributed by atoms with Crippen LogP contribution in [-0.4, -0.2) is 29.8 Å². The summed E-state index contributed by atoms with van der Waals surface area (Å²) in [6.45, 7) is 9.22. The zero-order valence-electron chi connectivity index (χ0n) is 17.3. The molecule has 0 spiro atoms. The van der Waals surface area contributed by atoms with E-state index in [1.54, 1.807) is 11.8 Å². The minimum Gasteiger partial charge on any atom is -0.376 e. The van der Waals surface area contributed by atoms with Gasteiger partial charge in [0.15, 0.2) is 0 Å². The normalized spacial score (nSPS) is 11.6. The average Bonchev–Trinajstić information content (AvgIpc) is 2.70. The lowest BCUT2D eigenvalue weighted by molar-refractivity contribution is -0.129. The Morgan fingerprint density at radius 2 is 1.71 bits per heavy atom. The molecule has 0 aromatic heterocycles. The molecule has 2 rings (SSSR count). The summed E-state index contributed by atoms with van der Waals surface area (Å²) in [5.41, 5.74) is 3.93. The van der Waals surface area contributed by atoms with Crippen molar-refractivity contribution < 1.29 is 9.59 Å². The maximum absolute atomic E-state index is 12.3. The highest BCUT2D eigenvalue weighted by atomic mass is 16.2. The second-order valence-corrected chi connectivity index (χ2v) is 7.02. The molecule has 0 heterocycles. The Bertz CT molecular complexity index is 787. The van der Waals surface area contributed by atoms with Gasteiger partial charge < -0.3 is 15.5 Å². The Morgan fingerprint density at radius 1 is 1.04 bits per heavy atom. The Balaban J connectivity index is 1.95. The van der Waals surface area contributed by atoms with E-state index in [-0.39, 0.29) is 18.4 Å². The summed E-state index contributed by atoms with van der Waals surface area (Å²) in [7, 11) is 0. The number of nitrogens with zero attached hydrogens (tertiary/aromatic N) is 1. The molecule has 28 heavy (non-hydrogen) atoms. The topological polar surface area (TPSA) is 61.4 Å². The molecule has 0 aliphatic heterocycles. The first-order valence-corrected chi connectivity index (χ1v) is 9.91. The van der Waals surface area contributed by atoms with Gasteiger partial charge in [0.1, 0.15) is 0 Å². The molecule has 2 aromatic carbocycles. The smallest absolute Gasteiger partial charge is 0.243 e. The summed E-state index contributed by atoms with van der Waals surface area (Å²) >= 11 is 0. The summed E-state index contributed by atoms with van der Waals surface area (Å²) < 4.78 is 0. The molecule has 150 valence electrons. The van der Waals surface area contributed by atoms with E-state index in [9.17, 15) is 9.59 Å². The Labute approximate surface area is 168 Å². The number of carbonyl (C=O) groups is 2. The van der Waals surface area contributed by atoms with E-state index in [0.29, 0.717) is 19.0 Å². The highest BCUT2D eigenvalue weighted by Gasteiger charge is 2.11. The molecule has 0 saturated heterocycles. The van der Waals surface area contributed by atoms with E-state index < -0.39 is 0 Å². The standard InChI is InChI=1S/C23H31N3O2/c1-5-17(3)19-11-13-21(14-12-19)25-23(28)15-24-22-10-8-7-9-20(22)16-26(6-2)18(4)27/h7-14,17,24H,5-6,15-16H2,1-4H3,(H,25,28). The lowest BCUT2D eigenvalue weighted by atomic mass is 9.99. The predicted molar refractivity (Wildman–Crippen MR) is 115 cm³/mol. The molecule has 5 nitrogen and oxygen atoms in total. The van der Waals surface area contributed by atoms with Crippen LogP contribution in [0.15, 0.2) is 48.5 Å². The van der Waals surface area contributed by atoms with Crippen molar-refractivity contribution in [2.45, 2.75) is 46.6 Å². The first-order chi connectivity index (χ1) is 13.4. The number of rotatable bonds is 9. The molecular formula is C23H31N3O2. The molecule has 1 unspecified atom stereocenters. The number of nitrogens with one attached hydrogen (secondary N) is 2. The fourth-order valence-corrected chi connectivity index (χ4v) is 2.99. The number of carbonyl (C=O) groups excluding carboxylic acids is 2. The van der Waals surface area contributed by atoms with Gasteiger partial charge in [-0.3, -0.25) is 9.59 Å². The summed E-state index contributed by atoms with van der Waals surface area (Å²) in [5, 5.41) is 6.11. The van der Waals surface area contributed by atoms with Gasteiger partial charge in [-0.05, 0) is 48.6 Å². The molecule has 0 bridgehead atoms. The zero-order valence-corrected chi connectivity index (χ0v) is 17.3. The summed E-state index contributed by atoms with van der Waals surface area (Å²) in [6.07, 6.45) is 1.09. The molecule has 5 heteroatoms. The molecule has 0 radical (unpaired) electrons. The van der Waals surface area contributed by atoms with Gasteiger partial charge in [-0.25, -0.2) is 0 Å². The number of amides is 2. The Hall–Kier alpha value is -2.82. The van der Waals surface area contributed by atoms with Crippen molar-refractivity contribution in [3.05, 3.63) is 59.7 Å². The molecule has 0 saturated carbocycles. The second-order valence-electron chi connectivity index (χ2n) is 7.02. The highest BCUT2D eigenvalue weighted by Crippen LogP contribution is 2.21. The SMILES string of the molecule is CCC(C)c1ccc(NC(=O)CNc2ccccc2CN(CC)C(C)=O)cc1. The van der Waals surface area contributed by atoms with Crippen molar-refractivity contribution in [2.75, 3.05) is 23.7 Å². The minimum atomic E-state index is -0.106. The molecule has 2 aromatic rings. The number of para-hydroxylation sites is 1. The third-order valence-corrected chi connectivity index (χ3v) is 5.02. The number of anilines is 2. The third-order valence-electron chi connectivity index (χ3n) is 5.02. The molecule has 2 amide bonds. The summed E-state index contributed by atoms with van der Waals surface area (Å²) in [6, 6.07) is 15.8. The van der Waals surface area contributed by atoms with Crippen molar-refractivity contribution in [1.29, 1.82) is 0 Å². The molecule has 2 N–H and O–H groups in total. The van der Waals surface area contributed by atoms with Crippen LogP contribution < -0.4 is 10.6 Å². The highest BCUT2D eigenvalue weighted by molar-refractivity contribution is 5.93. The van der Waals surface area contributed by atoms with Gasteiger partial charge in [0.2, 0.25) is 11.8 Å². The van der Waals surface area contributed by atoms with Crippen LogP contribution in [0.5, 0.6) is 0 Å². The van der Waals surface area contributed by atoms with Crippen LogP contribution in [0.1, 0.15) is 51.2 Å². The maximum atomic E-state index is 12.3. The Kier molecular flexibility index (Phi) is 8.05. The first-order valence-electron chi connectivity index (χ1n) is 9.91. The third kappa shape index (κ3) is 6.12. The lowest BCUT2D eigenvalue weighted by Gasteiger charge is -2.21. The fraction of sp³-hybridized carbons (Fsp3) is 0.391. The van der Waals surface area contributed by atoms with Crippen molar-refractivity contribution >= 4 is 23.2 Å². The van der Waals surface area contributed by atoms with Gasteiger partial charge in [-0.2, -0.15) is 0 Å². The van der Waals surface area contributed by atoms with E-state index in [4.69, 9.17) is 0 Å². The van der Waals surface area contributed by atoms with E-state index in [1.165, 1.54) is 5.56 Å². The molecule has 0 aliphatic rings. The number of hydrogen-bond donors (Lipinski definition) is 2. The van der Waals surface area contributed by atoms with E-state index in [0.717, 1.165) is 23.4 Å². The first kappa shape index (κ1) is 21.5. The summed E-state index contributed by atoms with van der Waals surface area (Å²) in [5.74, 6) is 0.446. The molecule has 1 atom stereocenters. The van der Waals surface area contributed by atoms with Crippen LogP contribution in [-0.2, 0) is 16.1 Å². The quantitative estimate of drug-likeness (QED) is 0.666. The van der Waals surface area contributed by atoms with E-state index in [1.807, 2.05) is 43.3 Å². The van der Waals surface area contributed by atoms with E-state index in [2.05, 4.69) is 36.6 Å². The van der Waals surface area contributed by atoms with Gasteiger partial charge in [0, 0.05) is 31.4 Å². The van der Waals surface area contributed by atoms with Crippen molar-refractivity contribution in [3.8, 4) is 0 Å². The van der Waals surface area contributed by atoms with Crippen LogP contribution in [0, 0.1) is 0 Å². The van der Waals surface area contributed by atoms with Crippen molar-refractivity contribution in [1.82, 2.24) is 4.90 Å².